The van der Waals surface area contributed by atoms with Gasteiger partial charge in [0.1, 0.15) is 0 Å². The van der Waals surface area contributed by atoms with E-state index in [1.165, 1.54) is 5.56 Å². The predicted molar refractivity (Wildman–Crippen MR) is 77.2 cm³/mol. The first-order valence-electron chi connectivity index (χ1n) is 5.66. The summed E-state index contributed by atoms with van der Waals surface area (Å²) in [4.78, 5) is 0. The van der Waals surface area contributed by atoms with E-state index in [0.29, 0.717) is 12.1 Å². The van der Waals surface area contributed by atoms with Gasteiger partial charge in [0.25, 0.3) is 0 Å². The molecule has 0 saturated carbocycles. The zero-order valence-electron chi connectivity index (χ0n) is 10.1. The first-order chi connectivity index (χ1) is 7.24. The Morgan fingerprint density at radius 2 is 1.88 bits per heavy atom. The Kier molecular flexibility index (Phi) is 8.22. The van der Waals surface area contributed by atoms with Gasteiger partial charge in [0.05, 0.1) is 0 Å². The van der Waals surface area contributed by atoms with Crippen LogP contribution in [0, 0.1) is 0 Å². The Hall–Kier alpha value is -0.600. The van der Waals surface area contributed by atoms with Crippen LogP contribution in [0.25, 0.3) is 0 Å². The van der Waals surface area contributed by atoms with Crippen LogP contribution in [0.4, 0.5) is 0 Å². The molecule has 0 aliphatic rings. The molecule has 1 N–H and O–H groups in total. The molecule has 1 aromatic rings. The Bertz CT molecular complexity index is 284. The van der Waals surface area contributed by atoms with E-state index in [2.05, 4.69) is 56.1 Å². The van der Waals surface area contributed by atoms with Gasteiger partial charge in [-0.3, -0.25) is 0 Å². The maximum Gasteiger partial charge on any atom is 0.0294 e. The molecule has 1 nitrogen and oxygen atoms in total. The molecule has 0 unspecified atom stereocenters. The van der Waals surface area contributed by atoms with Crippen LogP contribution in [-0.2, 0) is 0 Å². The maximum absolute atomic E-state index is 3.74. The van der Waals surface area contributed by atoms with E-state index in [0.717, 1.165) is 12.8 Å². The highest BCUT2D eigenvalue weighted by Gasteiger charge is 2.07. The fourth-order valence-electron chi connectivity index (χ4n) is 1.72. The van der Waals surface area contributed by atoms with Crippen molar-refractivity contribution in [1.82, 2.24) is 5.32 Å². The Labute approximate surface area is 110 Å². The molecule has 0 amide bonds. The summed E-state index contributed by atoms with van der Waals surface area (Å²) >= 11 is 0. The van der Waals surface area contributed by atoms with E-state index < -0.39 is 0 Å². The summed E-state index contributed by atoms with van der Waals surface area (Å²) in [7, 11) is 0. The molecular weight excluding hydrogens is 262 g/mol. The molecule has 0 aromatic heterocycles. The lowest BCUT2D eigenvalue weighted by Gasteiger charge is -2.19. The minimum absolute atomic E-state index is 0. The van der Waals surface area contributed by atoms with Crippen LogP contribution in [0.1, 0.15) is 38.3 Å². The standard InChI is InChI=1S/C14H21N.BrH/c1-4-5-9-12(2)15-13(3)14-10-7-6-8-11-14;/h4,6-8,10-13,15H,1,5,9H2,2-3H3;1H/t12-,13+;/m1./s1. The minimum atomic E-state index is 0. The lowest BCUT2D eigenvalue weighted by atomic mass is 10.1. The predicted octanol–water partition coefficient (Wildman–Crippen LogP) is 4.27. The summed E-state index contributed by atoms with van der Waals surface area (Å²) in [5.41, 5.74) is 1.35. The van der Waals surface area contributed by atoms with Crippen LogP contribution in [0.5, 0.6) is 0 Å². The van der Waals surface area contributed by atoms with Crippen molar-refractivity contribution in [2.75, 3.05) is 0 Å². The second-order valence-electron chi connectivity index (χ2n) is 4.07. The number of nitrogens with one attached hydrogen (secondary N) is 1. The van der Waals surface area contributed by atoms with Crippen LogP contribution in [0.15, 0.2) is 43.0 Å². The molecule has 0 bridgehead atoms. The molecule has 0 aliphatic heterocycles. The minimum Gasteiger partial charge on any atom is -0.308 e. The average Bonchev–Trinajstić information content (AvgIpc) is 2.27. The van der Waals surface area contributed by atoms with Crippen LogP contribution in [0.2, 0.25) is 0 Å². The van der Waals surface area contributed by atoms with Crippen molar-refractivity contribution in [2.24, 2.45) is 0 Å². The number of benzene rings is 1. The molecule has 0 fully saturated rings. The molecule has 0 heterocycles. The van der Waals surface area contributed by atoms with Crippen LogP contribution in [0.3, 0.4) is 0 Å². The molecule has 1 rings (SSSR count). The number of hydrogen-bond acceptors (Lipinski definition) is 1. The van der Waals surface area contributed by atoms with Gasteiger partial charge in [-0.2, -0.15) is 0 Å². The topological polar surface area (TPSA) is 12.0 Å². The van der Waals surface area contributed by atoms with Crippen LogP contribution >= 0.6 is 17.0 Å². The summed E-state index contributed by atoms with van der Waals surface area (Å²) in [5, 5.41) is 3.58. The fraction of sp³-hybridized carbons (Fsp3) is 0.429. The Morgan fingerprint density at radius 1 is 1.25 bits per heavy atom. The third-order valence-corrected chi connectivity index (χ3v) is 2.64. The van der Waals surface area contributed by atoms with Crippen molar-refractivity contribution < 1.29 is 0 Å². The van der Waals surface area contributed by atoms with Crippen molar-refractivity contribution in [2.45, 2.75) is 38.8 Å². The lowest BCUT2D eigenvalue weighted by Crippen LogP contribution is -2.28. The van der Waals surface area contributed by atoms with Gasteiger partial charge in [0.15, 0.2) is 0 Å². The summed E-state index contributed by atoms with van der Waals surface area (Å²) < 4.78 is 0. The molecule has 0 saturated heterocycles. The van der Waals surface area contributed by atoms with Crippen LogP contribution in [-0.4, -0.2) is 6.04 Å². The van der Waals surface area contributed by atoms with Gasteiger partial charge < -0.3 is 5.32 Å². The zero-order valence-corrected chi connectivity index (χ0v) is 11.9. The summed E-state index contributed by atoms with van der Waals surface area (Å²) in [6.45, 7) is 8.18. The lowest BCUT2D eigenvalue weighted by molar-refractivity contribution is 0.459. The monoisotopic (exact) mass is 283 g/mol. The number of rotatable bonds is 6. The molecule has 0 aliphatic carbocycles. The molecule has 0 spiro atoms. The third kappa shape index (κ3) is 5.47. The first kappa shape index (κ1) is 15.4. The second kappa shape index (κ2) is 8.54. The highest BCUT2D eigenvalue weighted by atomic mass is 79.9. The van der Waals surface area contributed by atoms with E-state index in [1.807, 2.05) is 6.08 Å². The Balaban J connectivity index is 0.00000225. The van der Waals surface area contributed by atoms with E-state index >= 15 is 0 Å². The van der Waals surface area contributed by atoms with Crippen molar-refractivity contribution in [3.63, 3.8) is 0 Å². The van der Waals surface area contributed by atoms with Crippen molar-refractivity contribution >= 4 is 17.0 Å². The highest BCUT2D eigenvalue weighted by Crippen LogP contribution is 2.13. The molecule has 90 valence electrons. The third-order valence-electron chi connectivity index (χ3n) is 2.64. The number of allylic oxidation sites excluding steroid dienone is 1. The van der Waals surface area contributed by atoms with Crippen molar-refractivity contribution in [1.29, 1.82) is 0 Å². The van der Waals surface area contributed by atoms with Crippen molar-refractivity contribution in [3.05, 3.63) is 48.6 Å². The SMILES string of the molecule is Br.C=CCC[C@@H](C)N[C@@H](C)c1ccccc1. The molecular formula is C14H22BrN. The number of halogens is 1. The van der Waals surface area contributed by atoms with Gasteiger partial charge in [0, 0.05) is 12.1 Å². The molecule has 0 radical (unpaired) electrons. The van der Waals surface area contributed by atoms with Gasteiger partial charge >= 0.3 is 0 Å². The summed E-state index contributed by atoms with van der Waals surface area (Å²) in [5.74, 6) is 0. The second-order valence-corrected chi connectivity index (χ2v) is 4.07. The van der Waals surface area contributed by atoms with Crippen LogP contribution < -0.4 is 5.32 Å². The molecule has 16 heavy (non-hydrogen) atoms. The zero-order chi connectivity index (χ0) is 11.1. The van der Waals surface area contributed by atoms with Gasteiger partial charge in [0.2, 0.25) is 0 Å². The normalized spacial score (nSPS) is 13.6. The summed E-state index contributed by atoms with van der Waals surface area (Å²) in [6, 6.07) is 11.5. The van der Waals surface area contributed by atoms with E-state index in [9.17, 15) is 0 Å². The van der Waals surface area contributed by atoms with E-state index in [-0.39, 0.29) is 17.0 Å². The van der Waals surface area contributed by atoms with Crippen molar-refractivity contribution in [3.8, 4) is 0 Å². The molecule has 2 heteroatoms. The number of hydrogen-bond donors (Lipinski definition) is 1. The summed E-state index contributed by atoms with van der Waals surface area (Å²) in [6.07, 6.45) is 4.21. The first-order valence-corrected chi connectivity index (χ1v) is 5.66. The maximum atomic E-state index is 3.74. The van der Waals surface area contributed by atoms with Gasteiger partial charge in [-0.05, 0) is 32.3 Å². The Morgan fingerprint density at radius 3 is 2.44 bits per heavy atom. The van der Waals surface area contributed by atoms with Gasteiger partial charge in [-0.1, -0.05) is 36.4 Å². The van der Waals surface area contributed by atoms with Gasteiger partial charge in [-0.25, -0.2) is 0 Å². The quantitative estimate of drug-likeness (QED) is 0.769. The largest absolute Gasteiger partial charge is 0.308 e. The molecule has 1 aromatic carbocycles. The smallest absolute Gasteiger partial charge is 0.0294 e. The highest BCUT2D eigenvalue weighted by molar-refractivity contribution is 8.93. The fourth-order valence-corrected chi connectivity index (χ4v) is 1.72. The van der Waals surface area contributed by atoms with Gasteiger partial charge in [-0.15, -0.1) is 23.6 Å². The van der Waals surface area contributed by atoms with E-state index in [1.54, 1.807) is 0 Å². The van der Waals surface area contributed by atoms with E-state index in [4.69, 9.17) is 0 Å². The average molecular weight is 284 g/mol. The molecule has 2 atom stereocenters.